The van der Waals surface area contributed by atoms with Crippen molar-refractivity contribution < 1.29 is 5.11 Å². The van der Waals surface area contributed by atoms with Crippen LogP contribution in [-0.2, 0) is 6.42 Å². The molecule has 1 aromatic rings. The van der Waals surface area contributed by atoms with Gasteiger partial charge >= 0.3 is 0 Å². The van der Waals surface area contributed by atoms with Crippen LogP contribution in [0.1, 0.15) is 44.0 Å². The number of unbranched alkanes of at least 4 members (excludes halogenated alkanes) is 2. The van der Waals surface area contributed by atoms with E-state index in [0.29, 0.717) is 6.42 Å². The molecule has 0 aromatic carbocycles. The fourth-order valence-electron chi connectivity index (χ4n) is 1.59. The van der Waals surface area contributed by atoms with Crippen molar-refractivity contribution in [1.29, 1.82) is 0 Å². The van der Waals surface area contributed by atoms with Crippen LogP contribution in [0.4, 0.5) is 0 Å². The fourth-order valence-corrected chi connectivity index (χ4v) is 1.59. The zero-order valence-corrected chi connectivity index (χ0v) is 9.61. The molecule has 0 saturated heterocycles. The van der Waals surface area contributed by atoms with Crippen molar-refractivity contribution in [1.82, 2.24) is 9.97 Å². The highest BCUT2D eigenvalue weighted by Crippen LogP contribution is 2.09. The third-order valence-electron chi connectivity index (χ3n) is 2.55. The van der Waals surface area contributed by atoms with Crippen molar-refractivity contribution in [3.8, 4) is 0 Å². The molecule has 3 heteroatoms. The normalized spacial score (nSPS) is 12.7. The van der Waals surface area contributed by atoms with Gasteiger partial charge in [0, 0.05) is 18.8 Å². The number of aromatic nitrogens is 2. The second-order valence-corrected chi connectivity index (χ2v) is 3.94. The van der Waals surface area contributed by atoms with Gasteiger partial charge in [0.15, 0.2) is 0 Å². The quantitative estimate of drug-likeness (QED) is 0.729. The molecule has 0 aliphatic rings. The Kier molecular flexibility index (Phi) is 5.26. The van der Waals surface area contributed by atoms with E-state index in [-0.39, 0.29) is 6.10 Å². The largest absolute Gasteiger partial charge is 0.393 e. The lowest BCUT2D eigenvalue weighted by molar-refractivity contribution is 0.159. The Hall–Kier alpha value is -0.960. The van der Waals surface area contributed by atoms with Gasteiger partial charge in [0.1, 0.15) is 0 Å². The Balaban J connectivity index is 2.37. The number of aliphatic hydroxyl groups excluding tert-OH is 1. The van der Waals surface area contributed by atoms with Crippen LogP contribution in [0.15, 0.2) is 12.4 Å². The Bertz CT molecular complexity index is 289. The van der Waals surface area contributed by atoms with E-state index in [4.69, 9.17) is 0 Å². The molecule has 3 nitrogen and oxygen atoms in total. The number of hydrogen-bond acceptors (Lipinski definition) is 3. The topological polar surface area (TPSA) is 46.0 Å². The molecule has 0 aliphatic heterocycles. The lowest BCUT2D eigenvalue weighted by atomic mass is 10.1. The van der Waals surface area contributed by atoms with Gasteiger partial charge in [-0.25, -0.2) is 0 Å². The molecule has 0 aliphatic carbocycles. The van der Waals surface area contributed by atoms with E-state index in [1.165, 1.54) is 12.8 Å². The van der Waals surface area contributed by atoms with Crippen LogP contribution in [0.25, 0.3) is 0 Å². The third kappa shape index (κ3) is 4.38. The van der Waals surface area contributed by atoms with Crippen molar-refractivity contribution >= 4 is 0 Å². The lowest BCUT2D eigenvalue weighted by Crippen LogP contribution is -2.12. The van der Waals surface area contributed by atoms with Crippen LogP contribution in [0.3, 0.4) is 0 Å². The number of hydrogen-bond donors (Lipinski definition) is 1. The Morgan fingerprint density at radius 2 is 2.00 bits per heavy atom. The summed E-state index contributed by atoms with van der Waals surface area (Å²) in [4.78, 5) is 8.38. The van der Waals surface area contributed by atoms with Crippen LogP contribution < -0.4 is 0 Å². The summed E-state index contributed by atoms with van der Waals surface area (Å²) in [7, 11) is 0. The van der Waals surface area contributed by atoms with Gasteiger partial charge in [-0.1, -0.05) is 26.2 Å². The first-order valence-electron chi connectivity index (χ1n) is 5.68. The zero-order valence-electron chi connectivity index (χ0n) is 9.61. The molecule has 0 spiro atoms. The second-order valence-electron chi connectivity index (χ2n) is 3.94. The first-order chi connectivity index (χ1) is 7.24. The molecule has 0 amide bonds. The average molecular weight is 208 g/mol. The molecule has 1 atom stereocenters. The second kappa shape index (κ2) is 6.51. The highest BCUT2D eigenvalue weighted by atomic mass is 16.3. The first kappa shape index (κ1) is 12.1. The summed E-state index contributed by atoms with van der Waals surface area (Å²) in [5.74, 6) is 0. The summed E-state index contributed by atoms with van der Waals surface area (Å²) in [5, 5.41) is 9.79. The molecule has 15 heavy (non-hydrogen) atoms. The van der Waals surface area contributed by atoms with Crippen molar-refractivity contribution in [2.45, 2.75) is 52.1 Å². The number of aliphatic hydroxyl groups is 1. The molecular formula is C12H20N2O. The van der Waals surface area contributed by atoms with Gasteiger partial charge in [0.2, 0.25) is 0 Å². The summed E-state index contributed by atoms with van der Waals surface area (Å²) >= 11 is 0. The predicted octanol–water partition coefficient (Wildman–Crippen LogP) is 2.27. The van der Waals surface area contributed by atoms with Gasteiger partial charge in [-0.3, -0.25) is 9.97 Å². The Labute approximate surface area is 91.6 Å². The smallest absolute Gasteiger partial charge is 0.0641 e. The third-order valence-corrected chi connectivity index (χ3v) is 2.55. The van der Waals surface area contributed by atoms with Gasteiger partial charge in [0.05, 0.1) is 17.5 Å². The SMILES string of the molecule is CCCCCC(O)Cc1nccnc1C. The van der Waals surface area contributed by atoms with E-state index in [2.05, 4.69) is 16.9 Å². The van der Waals surface area contributed by atoms with E-state index < -0.39 is 0 Å². The zero-order chi connectivity index (χ0) is 11.1. The Morgan fingerprint density at radius 3 is 2.67 bits per heavy atom. The minimum Gasteiger partial charge on any atom is -0.393 e. The van der Waals surface area contributed by atoms with E-state index in [0.717, 1.165) is 24.2 Å². The van der Waals surface area contributed by atoms with Crippen molar-refractivity contribution in [3.05, 3.63) is 23.8 Å². The number of aryl methyl sites for hydroxylation is 1. The first-order valence-corrected chi connectivity index (χ1v) is 5.68. The standard InChI is InChI=1S/C12H20N2O/c1-3-4-5-6-11(15)9-12-10(2)13-7-8-14-12/h7-8,11,15H,3-6,9H2,1-2H3. The molecule has 1 heterocycles. The van der Waals surface area contributed by atoms with E-state index >= 15 is 0 Å². The molecule has 0 fully saturated rings. The molecule has 84 valence electrons. The van der Waals surface area contributed by atoms with Crippen molar-refractivity contribution in [3.63, 3.8) is 0 Å². The van der Waals surface area contributed by atoms with E-state index in [9.17, 15) is 5.11 Å². The molecule has 0 bridgehead atoms. The Morgan fingerprint density at radius 1 is 1.27 bits per heavy atom. The molecule has 0 radical (unpaired) electrons. The molecule has 1 aromatic heterocycles. The number of rotatable bonds is 6. The van der Waals surface area contributed by atoms with Crippen molar-refractivity contribution in [2.75, 3.05) is 0 Å². The fraction of sp³-hybridized carbons (Fsp3) is 0.667. The van der Waals surface area contributed by atoms with Gasteiger partial charge in [-0.2, -0.15) is 0 Å². The summed E-state index contributed by atoms with van der Waals surface area (Å²) < 4.78 is 0. The van der Waals surface area contributed by atoms with Crippen LogP contribution in [0, 0.1) is 6.92 Å². The van der Waals surface area contributed by atoms with Gasteiger partial charge < -0.3 is 5.11 Å². The predicted molar refractivity (Wildman–Crippen MR) is 60.6 cm³/mol. The summed E-state index contributed by atoms with van der Waals surface area (Å²) in [6.45, 7) is 4.10. The van der Waals surface area contributed by atoms with E-state index in [1.54, 1.807) is 12.4 Å². The molecule has 0 saturated carbocycles. The number of nitrogens with zero attached hydrogens (tertiary/aromatic N) is 2. The summed E-state index contributed by atoms with van der Waals surface area (Å²) in [5.41, 5.74) is 1.84. The summed E-state index contributed by atoms with van der Waals surface area (Å²) in [6, 6.07) is 0. The molecular weight excluding hydrogens is 188 g/mol. The van der Waals surface area contributed by atoms with Crippen LogP contribution in [-0.4, -0.2) is 21.2 Å². The summed E-state index contributed by atoms with van der Waals surface area (Å²) in [6.07, 6.45) is 8.06. The maximum absolute atomic E-state index is 9.79. The maximum Gasteiger partial charge on any atom is 0.0641 e. The van der Waals surface area contributed by atoms with Crippen LogP contribution in [0.5, 0.6) is 0 Å². The highest BCUT2D eigenvalue weighted by Gasteiger charge is 2.08. The van der Waals surface area contributed by atoms with Crippen LogP contribution >= 0.6 is 0 Å². The van der Waals surface area contributed by atoms with Gasteiger partial charge in [-0.05, 0) is 13.3 Å². The van der Waals surface area contributed by atoms with Crippen LogP contribution in [0.2, 0.25) is 0 Å². The molecule has 1 rings (SSSR count). The molecule has 1 unspecified atom stereocenters. The van der Waals surface area contributed by atoms with Crippen molar-refractivity contribution in [2.24, 2.45) is 0 Å². The van der Waals surface area contributed by atoms with E-state index in [1.807, 2.05) is 6.92 Å². The monoisotopic (exact) mass is 208 g/mol. The maximum atomic E-state index is 9.79. The minimum absolute atomic E-state index is 0.271. The van der Waals surface area contributed by atoms with Gasteiger partial charge in [0.25, 0.3) is 0 Å². The van der Waals surface area contributed by atoms with Gasteiger partial charge in [-0.15, -0.1) is 0 Å². The lowest BCUT2D eigenvalue weighted by Gasteiger charge is -2.10. The molecule has 1 N–H and O–H groups in total. The average Bonchev–Trinajstić information content (AvgIpc) is 2.22. The highest BCUT2D eigenvalue weighted by molar-refractivity contribution is 5.09. The minimum atomic E-state index is -0.271.